The lowest BCUT2D eigenvalue weighted by molar-refractivity contribution is -0.122. The fraction of sp³-hybridized carbons (Fsp3) is 0.375. The van der Waals surface area contributed by atoms with Crippen LogP contribution >= 0.6 is 0 Å². The second-order valence-electron chi connectivity index (χ2n) is 8.53. The van der Waals surface area contributed by atoms with Gasteiger partial charge < -0.3 is 15.3 Å². The number of nitrogens with one attached hydrogen (secondary N) is 1. The molecule has 1 aliphatic carbocycles. The van der Waals surface area contributed by atoms with Gasteiger partial charge in [-0.1, -0.05) is 18.2 Å². The number of nitrogens with zero attached hydrogens (tertiary/aromatic N) is 3. The molecule has 1 atom stereocenters. The number of aromatic hydroxyl groups is 1. The molecule has 0 radical (unpaired) electrons. The zero-order valence-electron chi connectivity index (χ0n) is 17.1. The van der Waals surface area contributed by atoms with Crippen molar-refractivity contribution >= 4 is 22.6 Å². The summed E-state index contributed by atoms with van der Waals surface area (Å²) in [6.07, 6.45) is 3.09. The van der Waals surface area contributed by atoms with Crippen LogP contribution in [0, 0.1) is 18.8 Å². The molecular weight excluding hydrogens is 376 g/mol. The summed E-state index contributed by atoms with van der Waals surface area (Å²) in [6, 6.07) is 13.4. The van der Waals surface area contributed by atoms with Gasteiger partial charge in [-0.2, -0.15) is 0 Å². The summed E-state index contributed by atoms with van der Waals surface area (Å²) < 4.78 is 0. The molecule has 0 spiro atoms. The molecule has 0 bridgehead atoms. The predicted molar refractivity (Wildman–Crippen MR) is 122 cm³/mol. The second kappa shape index (κ2) is 7.59. The Morgan fingerprint density at radius 2 is 2.03 bits per heavy atom. The van der Waals surface area contributed by atoms with Crippen molar-refractivity contribution in [3.8, 4) is 17.1 Å². The molecule has 6 nitrogen and oxygen atoms in total. The molecule has 2 aliphatic rings. The van der Waals surface area contributed by atoms with Crippen molar-refractivity contribution in [1.29, 1.82) is 0 Å². The molecule has 6 heteroatoms. The van der Waals surface area contributed by atoms with E-state index in [0.717, 1.165) is 61.2 Å². The molecule has 0 unspecified atom stereocenters. The lowest BCUT2D eigenvalue weighted by Crippen LogP contribution is -2.32. The fourth-order valence-electron chi connectivity index (χ4n) is 4.17. The van der Waals surface area contributed by atoms with Gasteiger partial charge in [0.2, 0.25) is 5.91 Å². The number of anilines is 1. The van der Waals surface area contributed by atoms with Crippen LogP contribution in [-0.4, -0.2) is 40.6 Å². The Labute approximate surface area is 178 Å². The van der Waals surface area contributed by atoms with E-state index in [1.165, 1.54) is 0 Å². The summed E-state index contributed by atoms with van der Waals surface area (Å²) in [5.41, 5.74) is 2.65. The Kier molecular flexibility index (Phi) is 4.77. The first kappa shape index (κ1) is 18.9. The van der Waals surface area contributed by atoms with Crippen LogP contribution in [0.3, 0.4) is 0 Å². The summed E-state index contributed by atoms with van der Waals surface area (Å²) in [4.78, 5) is 23.9. The van der Waals surface area contributed by atoms with E-state index in [1.54, 1.807) is 12.1 Å². The van der Waals surface area contributed by atoms with Crippen molar-refractivity contribution in [2.75, 3.05) is 24.5 Å². The lowest BCUT2D eigenvalue weighted by atomic mass is 10.1. The van der Waals surface area contributed by atoms with Crippen LogP contribution in [0.15, 0.2) is 42.5 Å². The first-order valence-corrected chi connectivity index (χ1v) is 10.7. The van der Waals surface area contributed by atoms with Crippen LogP contribution in [0.5, 0.6) is 5.75 Å². The van der Waals surface area contributed by atoms with Crippen molar-refractivity contribution in [3.05, 3.63) is 48.0 Å². The van der Waals surface area contributed by atoms with E-state index in [1.807, 2.05) is 12.1 Å². The van der Waals surface area contributed by atoms with E-state index in [0.29, 0.717) is 17.3 Å². The Morgan fingerprint density at radius 3 is 2.83 bits per heavy atom. The number of carbonyl (C=O) groups excluding carboxylic acids is 1. The number of phenolic OH excluding ortho intramolecular Hbond substituents is 1. The molecule has 2 N–H and O–H groups in total. The molecular formula is C24H30N4O2. The monoisotopic (exact) mass is 406 g/mol. The lowest BCUT2D eigenvalue weighted by Gasteiger charge is -2.21. The third kappa shape index (κ3) is 3.70. The number of amides is 1. The van der Waals surface area contributed by atoms with Crippen LogP contribution in [0.25, 0.3) is 22.3 Å². The minimum absolute atomic E-state index is 0. The van der Waals surface area contributed by atoms with E-state index in [4.69, 9.17) is 9.97 Å². The Hall–Kier alpha value is -3.15. The molecule has 158 valence electrons. The SMILES string of the molecule is Cc1ccc2c(N3CC[C@@H](CNC(=O)C4CC4)C3)nc(-c3ccccc3O)nc2c1.[HH].[HH]. The van der Waals surface area contributed by atoms with Crippen molar-refractivity contribution < 1.29 is 12.8 Å². The zero-order chi connectivity index (χ0) is 20.7. The molecule has 1 saturated heterocycles. The number of rotatable bonds is 5. The van der Waals surface area contributed by atoms with E-state index in [9.17, 15) is 9.90 Å². The van der Waals surface area contributed by atoms with Crippen LogP contribution in [-0.2, 0) is 4.79 Å². The third-order valence-electron chi connectivity index (χ3n) is 6.08. The highest BCUT2D eigenvalue weighted by Gasteiger charge is 2.31. The molecule has 2 aromatic carbocycles. The van der Waals surface area contributed by atoms with E-state index < -0.39 is 0 Å². The van der Waals surface area contributed by atoms with Crippen molar-refractivity contribution in [2.45, 2.75) is 26.2 Å². The van der Waals surface area contributed by atoms with E-state index in [-0.39, 0.29) is 20.4 Å². The average Bonchev–Trinajstić information content (AvgIpc) is 3.49. The van der Waals surface area contributed by atoms with Crippen LogP contribution < -0.4 is 10.2 Å². The molecule has 30 heavy (non-hydrogen) atoms. The number of hydrogen-bond acceptors (Lipinski definition) is 5. The molecule has 2 fully saturated rings. The highest BCUT2D eigenvalue weighted by atomic mass is 16.3. The third-order valence-corrected chi connectivity index (χ3v) is 6.08. The maximum Gasteiger partial charge on any atom is 0.223 e. The highest BCUT2D eigenvalue weighted by Crippen LogP contribution is 2.34. The van der Waals surface area contributed by atoms with Crippen molar-refractivity contribution in [3.63, 3.8) is 0 Å². The number of aromatic nitrogens is 2. The Balaban J connectivity index is 0.00000144. The van der Waals surface area contributed by atoms with E-state index in [2.05, 4.69) is 35.3 Å². The summed E-state index contributed by atoms with van der Waals surface area (Å²) in [6.45, 7) is 4.52. The van der Waals surface area contributed by atoms with Gasteiger partial charge in [0, 0.05) is 33.8 Å². The highest BCUT2D eigenvalue weighted by molar-refractivity contribution is 5.92. The molecule has 3 aromatic rings. The quantitative estimate of drug-likeness (QED) is 0.665. The van der Waals surface area contributed by atoms with Crippen LogP contribution in [0.2, 0.25) is 0 Å². The van der Waals surface area contributed by atoms with Crippen molar-refractivity contribution in [2.24, 2.45) is 11.8 Å². The van der Waals surface area contributed by atoms with Gasteiger partial charge in [-0.25, -0.2) is 9.97 Å². The molecule has 1 aromatic heterocycles. The van der Waals surface area contributed by atoms with Gasteiger partial charge in [-0.05, 0) is 61.9 Å². The minimum Gasteiger partial charge on any atom is -0.507 e. The number of fused-ring (bicyclic) bond motifs is 1. The standard InChI is InChI=1S/C24H26N4O2.2H2/c1-15-6-9-18-20(12-15)26-22(19-4-2-3-5-21(19)29)27-23(18)28-11-10-16(14-28)13-25-24(30)17-7-8-17;;/h2-6,9,12,16-17,29H,7-8,10-11,13-14H2,1H3,(H,25,30);2*1H/t16-;;/m0../s1. The van der Waals surface area contributed by atoms with Gasteiger partial charge in [0.1, 0.15) is 11.6 Å². The number of carbonyl (C=O) groups is 1. The molecule has 1 amide bonds. The largest absolute Gasteiger partial charge is 0.507 e. The summed E-state index contributed by atoms with van der Waals surface area (Å²) in [5, 5.41) is 14.5. The molecule has 1 aliphatic heterocycles. The van der Waals surface area contributed by atoms with Gasteiger partial charge in [0.05, 0.1) is 11.1 Å². The first-order valence-electron chi connectivity index (χ1n) is 10.7. The average molecular weight is 407 g/mol. The summed E-state index contributed by atoms with van der Waals surface area (Å²) in [5.74, 6) is 2.48. The smallest absolute Gasteiger partial charge is 0.223 e. The summed E-state index contributed by atoms with van der Waals surface area (Å²) >= 11 is 0. The Bertz CT molecular complexity index is 1120. The van der Waals surface area contributed by atoms with E-state index >= 15 is 0 Å². The number of benzene rings is 2. The van der Waals surface area contributed by atoms with Crippen molar-refractivity contribution in [1.82, 2.24) is 15.3 Å². The van der Waals surface area contributed by atoms with Crippen LogP contribution in [0.1, 0.15) is 27.7 Å². The first-order chi connectivity index (χ1) is 14.6. The van der Waals surface area contributed by atoms with Gasteiger partial charge in [0.25, 0.3) is 0 Å². The van der Waals surface area contributed by atoms with Crippen LogP contribution in [0.4, 0.5) is 5.82 Å². The second-order valence-corrected chi connectivity index (χ2v) is 8.53. The number of phenols is 1. The Morgan fingerprint density at radius 1 is 1.20 bits per heavy atom. The maximum atomic E-state index is 12.0. The summed E-state index contributed by atoms with van der Waals surface area (Å²) in [7, 11) is 0. The number of aryl methyl sites for hydroxylation is 1. The van der Waals surface area contributed by atoms with Gasteiger partial charge in [-0.3, -0.25) is 4.79 Å². The zero-order valence-corrected chi connectivity index (χ0v) is 17.1. The predicted octanol–water partition coefficient (Wildman–Crippen LogP) is 4.16. The maximum absolute atomic E-state index is 12.0. The van der Waals surface area contributed by atoms with Gasteiger partial charge in [0.15, 0.2) is 5.82 Å². The van der Waals surface area contributed by atoms with Gasteiger partial charge in [-0.15, -0.1) is 0 Å². The normalized spacial score (nSPS) is 18.7. The topological polar surface area (TPSA) is 78.4 Å². The van der Waals surface area contributed by atoms with Gasteiger partial charge >= 0.3 is 0 Å². The number of para-hydroxylation sites is 1. The molecule has 2 heterocycles. The number of hydrogen-bond donors (Lipinski definition) is 2. The molecule has 1 saturated carbocycles. The molecule has 5 rings (SSSR count). The fourth-order valence-corrected chi connectivity index (χ4v) is 4.17. The minimum atomic E-state index is 0.